The number of halogens is 1. The van der Waals surface area contributed by atoms with Gasteiger partial charge in [-0.05, 0) is 80.7 Å². The van der Waals surface area contributed by atoms with Gasteiger partial charge in [-0.2, -0.15) is 0 Å². The third-order valence-electron chi connectivity index (χ3n) is 7.06. The number of fused-ring (bicyclic) bond motifs is 1. The molecule has 0 saturated carbocycles. The molecule has 2 saturated heterocycles. The molecule has 1 atom stereocenters. The fourth-order valence-electron chi connectivity index (χ4n) is 5.31. The molecule has 0 bridgehead atoms. The predicted octanol–water partition coefficient (Wildman–Crippen LogP) is 4.36. The Balaban J connectivity index is 1.24. The van der Waals surface area contributed by atoms with Gasteiger partial charge in [-0.15, -0.1) is 5.10 Å². The lowest BCUT2D eigenvalue weighted by Crippen LogP contribution is -2.35. The second-order valence-corrected chi connectivity index (χ2v) is 9.48. The highest BCUT2D eigenvalue weighted by Gasteiger charge is 2.28. The summed E-state index contributed by atoms with van der Waals surface area (Å²) in [5.74, 6) is 1.61. The standard InChI is InChI=1S/C27H30FN7/c28-20-5-1-4-19(16-20)24-7-3-15-34(24)27-10-9-26-30-18-23(35(26)33-27)17-22-6-2-8-25(32-22)31-21-11-13-29-14-12-21/h1-2,4-6,8-10,16,18,21,24,29H,3,7,11-15,17H2,(H,31,32). The number of imidazole rings is 1. The van der Waals surface area contributed by atoms with Crippen molar-refractivity contribution in [3.63, 3.8) is 0 Å². The molecule has 2 N–H and O–H groups in total. The molecule has 0 spiro atoms. The maximum atomic E-state index is 13.9. The minimum atomic E-state index is -0.195. The quantitative estimate of drug-likeness (QED) is 0.436. The zero-order valence-corrected chi connectivity index (χ0v) is 19.7. The first-order valence-electron chi connectivity index (χ1n) is 12.5. The Morgan fingerprint density at radius 1 is 1.03 bits per heavy atom. The van der Waals surface area contributed by atoms with Crippen LogP contribution in [-0.4, -0.2) is 45.3 Å². The average Bonchev–Trinajstić information content (AvgIpc) is 3.52. The summed E-state index contributed by atoms with van der Waals surface area (Å²) < 4.78 is 15.8. The number of rotatable bonds is 6. The Labute approximate surface area is 204 Å². The van der Waals surface area contributed by atoms with Crippen molar-refractivity contribution in [3.05, 3.63) is 83.6 Å². The molecule has 2 aliphatic heterocycles. The summed E-state index contributed by atoms with van der Waals surface area (Å²) in [5.41, 5.74) is 3.79. The van der Waals surface area contributed by atoms with E-state index in [9.17, 15) is 4.39 Å². The fraction of sp³-hybridized carbons (Fsp3) is 0.370. The van der Waals surface area contributed by atoms with Gasteiger partial charge in [0.2, 0.25) is 0 Å². The van der Waals surface area contributed by atoms with Crippen LogP contribution in [0.2, 0.25) is 0 Å². The van der Waals surface area contributed by atoms with Crippen molar-refractivity contribution in [3.8, 4) is 0 Å². The van der Waals surface area contributed by atoms with E-state index < -0.39 is 0 Å². The first kappa shape index (κ1) is 22.0. The summed E-state index contributed by atoms with van der Waals surface area (Å²) in [6.45, 7) is 2.99. The molecule has 180 valence electrons. The first-order chi connectivity index (χ1) is 17.2. The number of hydrogen-bond donors (Lipinski definition) is 2. The van der Waals surface area contributed by atoms with Crippen LogP contribution >= 0.6 is 0 Å². The van der Waals surface area contributed by atoms with Crippen molar-refractivity contribution < 1.29 is 4.39 Å². The number of nitrogens with zero attached hydrogens (tertiary/aromatic N) is 5. The van der Waals surface area contributed by atoms with Gasteiger partial charge in [0, 0.05) is 24.7 Å². The van der Waals surface area contributed by atoms with Crippen LogP contribution in [0, 0.1) is 5.82 Å². The zero-order valence-electron chi connectivity index (χ0n) is 19.7. The van der Waals surface area contributed by atoms with Gasteiger partial charge >= 0.3 is 0 Å². The third kappa shape index (κ3) is 4.71. The highest BCUT2D eigenvalue weighted by atomic mass is 19.1. The van der Waals surface area contributed by atoms with Crippen LogP contribution in [0.4, 0.5) is 16.0 Å². The Morgan fingerprint density at radius 3 is 2.80 bits per heavy atom. The van der Waals surface area contributed by atoms with Gasteiger partial charge in [-0.3, -0.25) is 0 Å². The minimum absolute atomic E-state index is 0.127. The molecule has 0 aliphatic carbocycles. The van der Waals surface area contributed by atoms with Crippen molar-refractivity contribution in [2.45, 2.75) is 44.2 Å². The summed E-state index contributed by atoms with van der Waals surface area (Å²) in [6.07, 6.45) is 6.79. The lowest BCUT2D eigenvalue weighted by Gasteiger charge is -2.26. The van der Waals surface area contributed by atoms with Crippen LogP contribution in [0.15, 0.2) is 60.8 Å². The van der Waals surface area contributed by atoms with Gasteiger partial charge in [-0.25, -0.2) is 18.9 Å². The van der Waals surface area contributed by atoms with Crippen LogP contribution in [0.5, 0.6) is 0 Å². The fourth-order valence-corrected chi connectivity index (χ4v) is 5.31. The van der Waals surface area contributed by atoms with Crippen LogP contribution in [0.25, 0.3) is 5.65 Å². The first-order valence-corrected chi connectivity index (χ1v) is 12.5. The van der Waals surface area contributed by atoms with E-state index in [1.54, 1.807) is 12.1 Å². The molecule has 1 unspecified atom stereocenters. The van der Waals surface area contributed by atoms with Crippen LogP contribution in [0.1, 0.15) is 48.7 Å². The zero-order chi connectivity index (χ0) is 23.6. The Hall–Kier alpha value is -3.52. The molecule has 2 aliphatic rings. The molecule has 35 heavy (non-hydrogen) atoms. The largest absolute Gasteiger partial charge is 0.367 e. The molecule has 3 aromatic heterocycles. The van der Waals surface area contributed by atoms with Gasteiger partial charge in [0.15, 0.2) is 5.65 Å². The molecule has 8 heteroatoms. The number of pyridine rings is 1. The molecule has 0 radical (unpaired) electrons. The highest BCUT2D eigenvalue weighted by molar-refractivity contribution is 5.50. The molecular formula is C27H30FN7. The van der Waals surface area contributed by atoms with E-state index in [0.717, 1.165) is 79.6 Å². The van der Waals surface area contributed by atoms with E-state index in [1.165, 1.54) is 6.07 Å². The van der Waals surface area contributed by atoms with E-state index in [0.29, 0.717) is 12.5 Å². The maximum absolute atomic E-state index is 13.9. The average molecular weight is 472 g/mol. The van der Waals surface area contributed by atoms with Crippen LogP contribution in [0.3, 0.4) is 0 Å². The van der Waals surface area contributed by atoms with Crippen molar-refractivity contribution in [2.75, 3.05) is 29.9 Å². The Kier molecular flexibility index (Phi) is 6.04. The molecule has 7 nitrogen and oxygen atoms in total. The minimum Gasteiger partial charge on any atom is -0.367 e. The Morgan fingerprint density at radius 2 is 1.91 bits per heavy atom. The second-order valence-electron chi connectivity index (χ2n) is 9.48. The second kappa shape index (κ2) is 9.62. The molecule has 5 heterocycles. The molecule has 2 fully saturated rings. The number of anilines is 2. The maximum Gasteiger partial charge on any atom is 0.153 e. The van der Waals surface area contributed by atoms with Crippen molar-refractivity contribution in [1.29, 1.82) is 0 Å². The monoisotopic (exact) mass is 471 g/mol. The number of aromatic nitrogens is 4. The topological polar surface area (TPSA) is 70.4 Å². The summed E-state index contributed by atoms with van der Waals surface area (Å²) in [7, 11) is 0. The number of nitrogens with one attached hydrogen (secondary N) is 2. The highest BCUT2D eigenvalue weighted by Crippen LogP contribution is 2.35. The van der Waals surface area contributed by atoms with Crippen molar-refractivity contribution in [2.24, 2.45) is 0 Å². The summed E-state index contributed by atoms with van der Waals surface area (Å²) >= 11 is 0. The van der Waals surface area contributed by atoms with Gasteiger partial charge in [0.1, 0.15) is 17.5 Å². The van der Waals surface area contributed by atoms with E-state index in [2.05, 4.69) is 32.7 Å². The van der Waals surface area contributed by atoms with E-state index in [1.807, 2.05) is 35.0 Å². The van der Waals surface area contributed by atoms with Crippen molar-refractivity contribution in [1.82, 2.24) is 24.9 Å². The molecular weight excluding hydrogens is 441 g/mol. The van der Waals surface area contributed by atoms with Gasteiger partial charge in [-0.1, -0.05) is 18.2 Å². The van der Waals surface area contributed by atoms with Crippen LogP contribution < -0.4 is 15.5 Å². The Bertz CT molecular complexity index is 1310. The summed E-state index contributed by atoms with van der Waals surface area (Å²) in [5, 5.41) is 12.0. The molecule has 1 aromatic carbocycles. The lowest BCUT2D eigenvalue weighted by molar-refractivity contribution is 0.478. The lowest BCUT2D eigenvalue weighted by atomic mass is 10.0. The van der Waals surface area contributed by atoms with Crippen LogP contribution in [-0.2, 0) is 6.42 Å². The van der Waals surface area contributed by atoms with E-state index in [4.69, 9.17) is 10.1 Å². The molecule has 0 amide bonds. The number of hydrogen-bond acceptors (Lipinski definition) is 6. The van der Waals surface area contributed by atoms with Gasteiger partial charge < -0.3 is 15.5 Å². The SMILES string of the molecule is Fc1cccc(C2CCCN2c2ccc3ncc(Cc4cccc(NC5CCNCC5)n4)n3n2)c1. The van der Waals surface area contributed by atoms with Gasteiger partial charge in [0.25, 0.3) is 0 Å². The van der Waals surface area contributed by atoms with E-state index in [-0.39, 0.29) is 11.9 Å². The van der Waals surface area contributed by atoms with Gasteiger partial charge in [0.05, 0.1) is 17.9 Å². The molecule has 4 aromatic rings. The smallest absolute Gasteiger partial charge is 0.153 e. The predicted molar refractivity (Wildman–Crippen MR) is 135 cm³/mol. The molecule has 6 rings (SSSR count). The van der Waals surface area contributed by atoms with Crippen molar-refractivity contribution >= 4 is 17.3 Å². The summed E-state index contributed by atoms with van der Waals surface area (Å²) in [4.78, 5) is 11.7. The third-order valence-corrected chi connectivity index (χ3v) is 7.06. The summed E-state index contributed by atoms with van der Waals surface area (Å²) in [6, 6.07) is 17.7. The normalized spacial score (nSPS) is 18.9. The number of piperidine rings is 1. The number of benzene rings is 1. The van der Waals surface area contributed by atoms with E-state index >= 15 is 0 Å².